The van der Waals surface area contributed by atoms with E-state index >= 15 is 0 Å². The first-order valence-corrected chi connectivity index (χ1v) is 11.5. The number of halogens is 1. The first kappa shape index (κ1) is 23.3. The fraction of sp³-hybridized carbons (Fsp3) is 0.542. The summed E-state index contributed by atoms with van der Waals surface area (Å²) in [6.45, 7) is 2.25. The smallest absolute Gasteiger partial charge is 0.240 e. The molecule has 0 aliphatic rings. The van der Waals surface area contributed by atoms with Crippen molar-refractivity contribution in [1.29, 1.82) is 0 Å². The van der Waals surface area contributed by atoms with Crippen molar-refractivity contribution in [3.05, 3.63) is 41.0 Å². The van der Waals surface area contributed by atoms with Crippen molar-refractivity contribution in [3.8, 4) is 0 Å². The van der Waals surface area contributed by atoms with E-state index in [1.54, 1.807) is 6.21 Å². The first-order valence-electron chi connectivity index (χ1n) is 11.1. The predicted molar refractivity (Wildman–Crippen MR) is 124 cm³/mol. The van der Waals surface area contributed by atoms with Gasteiger partial charge in [0.1, 0.15) is 5.15 Å². The molecule has 0 saturated carbocycles. The van der Waals surface area contributed by atoms with Crippen LogP contribution in [-0.4, -0.2) is 17.1 Å². The zero-order valence-corrected chi connectivity index (χ0v) is 18.4. The number of para-hydroxylation sites is 1. The highest BCUT2D eigenvalue weighted by Crippen LogP contribution is 2.19. The second-order valence-electron chi connectivity index (χ2n) is 7.64. The molecule has 0 unspecified atom stereocenters. The van der Waals surface area contributed by atoms with Gasteiger partial charge < -0.3 is 0 Å². The molecule has 2 rings (SSSR count). The number of benzene rings is 1. The predicted octanol–water partition coefficient (Wildman–Crippen LogP) is 7.04. The lowest BCUT2D eigenvalue weighted by Crippen LogP contribution is -2.16. The summed E-state index contributed by atoms with van der Waals surface area (Å²) in [5.41, 5.74) is 4.12. The van der Waals surface area contributed by atoms with Gasteiger partial charge in [0.2, 0.25) is 5.91 Å². The minimum absolute atomic E-state index is 0.0537. The average Bonchev–Trinajstić information content (AvgIpc) is 2.72. The van der Waals surface area contributed by atoms with Gasteiger partial charge in [-0.25, -0.2) is 10.4 Å². The SMILES string of the molecule is CCCCCCCCCCCCCC(=O)N/N=C/c1cc2ccccc2nc1Cl. The van der Waals surface area contributed by atoms with E-state index in [4.69, 9.17) is 11.6 Å². The number of nitrogens with one attached hydrogen (secondary N) is 1. The van der Waals surface area contributed by atoms with Crippen molar-refractivity contribution in [2.24, 2.45) is 5.10 Å². The molecule has 0 bridgehead atoms. The van der Waals surface area contributed by atoms with E-state index in [2.05, 4.69) is 22.4 Å². The standard InChI is InChI=1S/C24H34ClN3O/c1-2-3-4-5-6-7-8-9-10-11-12-17-23(29)28-26-19-21-18-20-15-13-14-16-22(20)27-24(21)25/h13-16,18-19H,2-12,17H2,1H3,(H,28,29)/b26-19+. The minimum atomic E-state index is -0.0537. The highest BCUT2D eigenvalue weighted by Gasteiger charge is 2.03. The van der Waals surface area contributed by atoms with Crippen molar-refractivity contribution in [3.63, 3.8) is 0 Å². The Kier molecular flexibility index (Phi) is 11.4. The first-order chi connectivity index (χ1) is 14.2. The zero-order valence-electron chi connectivity index (χ0n) is 17.6. The van der Waals surface area contributed by atoms with Crippen LogP contribution in [0.25, 0.3) is 10.9 Å². The van der Waals surface area contributed by atoms with Crippen molar-refractivity contribution >= 4 is 34.6 Å². The van der Waals surface area contributed by atoms with Crippen LogP contribution in [0.1, 0.15) is 89.5 Å². The molecule has 0 atom stereocenters. The Morgan fingerprint density at radius 2 is 1.62 bits per heavy atom. The monoisotopic (exact) mass is 415 g/mol. The lowest BCUT2D eigenvalue weighted by atomic mass is 10.1. The Hall–Kier alpha value is -1.94. The number of carbonyl (C=O) groups is 1. The number of pyridine rings is 1. The van der Waals surface area contributed by atoms with Crippen LogP contribution in [-0.2, 0) is 4.79 Å². The Morgan fingerprint density at radius 3 is 2.31 bits per heavy atom. The maximum absolute atomic E-state index is 11.9. The van der Waals surface area contributed by atoms with Gasteiger partial charge in [0.25, 0.3) is 0 Å². The van der Waals surface area contributed by atoms with E-state index in [9.17, 15) is 4.79 Å². The number of hydrogen-bond acceptors (Lipinski definition) is 3. The average molecular weight is 416 g/mol. The molecular formula is C24H34ClN3O. The van der Waals surface area contributed by atoms with Crippen molar-refractivity contribution in [2.45, 2.75) is 84.0 Å². The lowest BCUT2D eigenvalue weighted by molar-refractivity contribution is -0.121. The molecule has 1 aromatic heterocycles. The number of carbonyl (C=O) groups excluding carboxylic acids is 1. The normalized spacial score (nSPS) is 11.4. The number of amides is 1. The molecule has 1 amide bonds. The Labute approximate surface area is 180 Å². The van der Waals surface area contributed by atoms with E-state index in [-0.39, 0.29) is 5.91 Å². The summed E-state index contributed by atoms with van der Waals surface area (Å²) in [6.07, 6.45) is 16.1. The third-order valence-corrected chi connectivity index (χ3v) is 5.41. The van der Waals surface area contributed by atoms with E-state index in [1.807, 2.05) is 30.3 Å². The number of aromatic nitrogens is 1. The van der Waals surface area contributed by atoms with Crippen LogP contribution in [0.2, 0.25) is 5.15 Å². The van der Waals surface area contributed by atoms with E-state index in [0.29, 0.717) is 17.1 Å². The van der Waals surface area contributed by atoms with Crippen LogP contribution in [0.3, 0.4) is 0 Å². The van der Waals surface area contributed by atoms with Gasteiger partial charge in [-0.1, -0.05) is 101 Å². The third-order valence-electron chi connectivity index (χ3n) is 5.10. The van der Waals surface area contributed by atoms with Crippen LogP contribution in [0.5, 0.6) is 0 Å². The molecule has 2 aromatic rings. The number of nitrogens with zero attached hydrogens (tertiary/aromatic N) is 2. The molecule has 0 aliphatic heterocycles. The number of hydrazone groups is 1. The maximum atomic E-state index is 11.9. The molecule has 29 heavy (non-hydrogen) atoms. The summed E-state index contributed by atoms with van der Waals surface area (Å²) < 4.78 is 0. The van der Waals surface area contributed by atoms with Crippen LogP contribution in [0, 0.1) is 0 Å². The van der Waals surface area contributed by atoms with Crippen LogP contribution >= 0.6 is 11.6 Å². The molecule has 1 heterocycles. The van der Waals surface area contributed by atoms with Gasteiger partial charge in [-0.05, 0) is 18.6 Å². The fourth-order valence-corrected chi connectivity index (χ4v) is 3.57. The summed E-state index contributed by atoms with van der Waals surface area (Å²) >= 11 is 6.19. The fourth-order valence-electron chi connectivity index (χ4n) is 3.38. The molecule has 0 fully saturated rings. The summed E-state index contributed by atoms with van der Waals surface area (Å²) in [5.74, 6) is -0.0537. The quantitative estimate of drug-likeness (QED) is 0.156. The highest BCUT2D eigenvalue weighted by atomic mass is 35.5. The molecular weight excluding hydrogens is 382 g/mol. The van der Waals surface area contributed by atoms with E-state index < -0.39 is 0 Å². The molecule has 0 radical (unpaired) electrons. The van der Waals surface area contributed by atoms with Gasteiger partial charge in [0.05, 0.1) is 11.7 Å². The van der Waals surface area contributed by atoms with Crippen LogP contribution < -0.4 is 5.43 Å². The van der Waals surface area contributed by atoms with Crippen LogP contribution in [0.4, 0.5) is 0 Å². The summed E-state index contributed by atoms with van der Waals surface area (Å²) in [7, 11) is 0. The lowest BCUT2D eigenvalue weighted by Gasteiger charge is -2.03. The Morgan fingerprint density at radius 1 is 1.00 bits per heavy atom. The van der Waals surface area contributed by atoms with Gasteiger partial charge in [-0.2, -0.15) is 5.10 Å². The van der Waals surface area contributed by atoms with Gasteiger partial charge in [-0.3, -0.25) is 4.79 Å². The molecule has 0 aliphatic carbocycles. The zero-order chi connectivity index (χ0) is 20.7. The van der Waals surface area contributed by atoms with Gasteiger partial charge in [0.15, 0.2) is 0 Å². The molecule has 5 heteroatoms. The third kappa shape index (κ3) is 9.40. The molecule has 158 valence electrons. The molecule has 4 nitrogen and oxygen atoms in total. The molecule has 1 N–H and O–H groups in total. The minimum Gasteiger partial charge on any atom is -0.273 e. The van der Waals surface area contributed by atoms with Gasteiger partial charge in [0, 0.05) is 17.4 Å². The number of hydrogen-bond donors (Lipinski definition) is 1. The maximum Gasteiger partial charge on any atom is 0.240 e. The van der Waals surface area contributed by atoms with Crippen molar-refractivity contribution < 1.29 is 4.79 Å². The highest BCUT2D eigenvalue weighted by molar-refractivity contribution is 6.32. The largest absolute Gasteiger partial charge is 0.273 e. The summed E-state index contributed by atoms with van der Waals surface area (Å²) in [4.78, 5) is 16.3. The Balaban J connectivity index is 1.55. The number of fused-ring (bicyclic) bond motifs is 1. The van der Waals surface area contributed by atoms with Gasteiger partial charge in [-0.15, -0.1) is 0 Å². The van der Waals surface area contributed by atoms with Crippen molar-refractivity contribution in [2.75, 3.05) is 0 Å². The number of rotatable bonds is 14. The molecule has 0 spiro atoms. The Bertz CT molecular complexity index is 776. The second-order valence-corrected chi connectivity index (χ2v) is 8.00. The van der Waals surface area contributed by atoms with Crippen molar-refractivity contribution in [1.82, 2.24) is 10.4 Å². The second kappa shape index (κ2) is 14.1. The van der Waals surface area contributed by atoms with Crippen LogP contribution in [0.15, 0.2) is 35.4 Å². The summed E-state index contributed by atoms with van der Waals surface area (Å²) in [6, 6.07) is 9.69. The topological polar surface area (TPSA) is 54.4 Å². The number of unbranched alkanes of at least 4 members (excludes halogenated alkanes) is 10. The van der Waals surface area contributed by atoms with E-state index in [1.165, 1.54) is 57.8 Å². The summed E-state index contributed by atoms with van der Waals surface area (Å²) in [5, 5.41) is 5.40. The van der Waals surface area contributed by atoms with Gasteiger partial charge >= 0.3 is 0 Å². The molecule has 0 saturated heterocycles. The van der Waals surface area contributed by atoms with E-state index in [0.717, 1.165) is 23.7 Å². The molecule has 1 aromatic carbocycles.